The fourth-order valence-electron chi connectivity index (χ4n) is 1.05. The van der Waals surface area contributed by atoms with Crippen LogP contribution in [0.5, 0.6) is 0 Å². The van der Waals surface area contributed by atoms with Gasteiger partial charge in [-0.1, -0.05) is 0 Å². The molecule has 1 aliphatic rings. The zero-order chi connectivity index (χ0) is 7.40. The number of rotatable bonds is 2. The first-order valence-corrected chi connectivity index (χ1v) is 3.63. The van der Waals surface area contributed by atoms with Crippen LogP contribution in [0.4, 0.5) is 0 Å². The van der Waals surface area contributed by atoms with Crippen molar-refractivity contribution in [3.8, 4) is 0 Å². The fourth-order valence-corrected chi connectivity index (χ4v) is 1.05. The van der Waals surface area contributed by atoms with Gasteiger partial charge in [-0.05, 0) is 14.1 Å². The van der Waals surface area contributed by atoms with Crippen LogP contribution in [0.15, 0.2) is 0 Å². The Labute approximate surface area is 61.9 Å². The molecular formula is C7H15NO2. The van der Waals surface area contributed by atoms with Gasteiger partial charge in [0.15, 0.2) is 0 Å². The lowest BCUT2D eigenvalue weighted by atomic mass is 10.3. The normalized spacial score (nSPS) is 27.3. The third kappa shape index (κ3) is 2.64. The molecule has 10 heavy (non-hydrogen) atoms. The van der Waals surface area contributed by atoms with Crippen molar-refractivity contribution in [3.05, 3.63) is 0 Å². The summed E-state index contributed by atoms with van der Waals surface area (Å²) in [7, 11) is 4.08. The molecule has 1 heterocycles. The Bertz CT molecular complexity index is 89.6. The van der Waals surface area contributed by atoms with Gasteiger partial charge in [-0.15, -0.1) is 0 Å². The number of ether oxygens (including phenoxy) is 2. The predicted octanol–water partition coefficient (Wildman–Crippen LogP) is -0.0366. The summed E-state index contributed by atoms with van der Waals surface area (Å²) in [6, 6.07) is 0. The first kappa shape index (κ1) is 7.98. The van der Waals surface area contributed by atoms with Gasteiger partial charge in [-0.3, -0.25) is 0 Å². The molecule has 0 bridgehead atoms. The van der Waals surface area contributed by atoms with E-state index in [4.69, 9.17) is 9.47 Å². The molecule has 0 aromatic heterocycles. The van der Waals surface area contributed by atoms with Crippen LogP contribution >= 0.6 is 0 Å². The summed E-state index contributed by atoms with van der Waals surface area (Å²) in [5.74, 6) is 0. The minimum absolute atomic E-state index is 0.281. The van der Waals surface area contributed by atoms with Crippen LogP contribution in [-0.2, 0) is 9.47 Å². The molecule has 0 aliphatic carbocycles. The van der Waals surface area contributed by atoms with Crippen molar-refractivity contribution in [2.75, 3.05) is 40.5 Å². The summed E-state index contributed by atoms with van der Waals surface area (Å²) < 4.78 is 10.7. The Kier molecular flexibility index (Phi) is 3.12. The summed E-state index contributed by atoms with van der Waals surface area (Å²) in [5.41, 5.74) is 0. The largest absolute Gasteiger partial charge is 0.376 e. The summed E-state index contributed by atoms with van der Waals surface area (Å²) in [5, 5.41) is 0. The minimum atomic E-state index is 0.281. The topological polar surface area (TPSA) is 21.7 Å². The highest BCUT2D eigenvalue weighted by Crippen LogP contribution is 2.00. The molecule has 0 radical (unpaired) electrons. The molecule has 3 heteroatoms. The molecule has 0 aromatic rings. The third-order valence-electron chi connectivity index (χ3n) is 1.45. The summed E-state index contributed by atoms with van der Waals surface area (Å²) in [4.78, 5) is 2.11. The van der Waals surface area contributed by atoms with Crippen molar-refractivity contribution in [1.82, 2.24) is 4.90 Å². The van der Waals surface area contributed by atoms with Crippen LogP contribution in [0.1, 0.15) is 0 Å². The van der Waals surface area contributed by atoms with Gasteiger partial charge in [-0.2, -0.15) is 0 Å². The van der Waals surface area contributed by atoms with Crippen molar-refractivity contribution in [2.24, 2.45) is 0 Å². The number of hydrogen-bond donors (Lipinski definition) is 0. The van der Waals surface area contributed by atoms with Gasteiger partial charge in [0.2, 0.25) is 0 Å². The van der Waals surface area contributed by atoms with Crippen LogP contribution in [0, 0.1) is 0 Å². The molecule has 1 rings (SSSR count). The van der Waals surface area contributed by atoms with E-state index < -0.39 is 0 Å². The molecule has 3 nitrogen and oxygen atoms in total. The lowest BCUT2D eigenvalue weighted by Crippen LogP contribution is -2.36. The van der Waals surface area contributed by atoms with E-state index in [1.54, 1.807) is 0 Å². The average molecular weight is 145 g/mol. The number of hydrogen-bond acceptors (Lipinski definition) is 3. The van der Waals surface area contributed by atoms with E-state index in [0.717, 1.165) is 26.4 Å². The molecule has 1 fully saturated rings. The van der Waals surface area contributed by atoms with Crippen LogP contribution < -0.4 is 0 Å². The smallest absolute Gasteiger partial charge is 0.0935 e. The first-order valence-electron chi connectivity index (χ1n) is 3.63. The lowest BCUT2D eigenvalue weighted by molar-refractivity contribution is -0.0941. The Morgan fingerprint density at radius 1 is 1.40 bits per heavy atom. The van der Waals surface area contributed by atoms with Crippen LogP contribution in [0.3, 0.4) is 0 Å². The molecule has 0 unspecified atom stereocenters. The number of nitrogens with zero attached hydrogens (tertiary/aromatic N) is 1. The van der Waals surface area contributed by atoms with Gasteiger partial charge in [0, 0.05) is 6.54 Å². The first-order chi connectivity index (χ1) is 4.79. The molecule has 0 N–H and O–H groups in total. The molecule has 0 amide bonds. The monoisotopic (exact) mass is 145 g/mol. The Hall–Kier alpha value is -0.120. The second-order valence-electron chi connectivity index (χ2n) is 2.83. The summed E-state index contributed by atoms with van der Waals surface area (Å²) in [6.45, 7) is 3.21. The second-order valence-corrected chi connectivity index (χ2v) is 2.83. The van der Waals surface area contributed by atoms with E-state index in [0.29, 0.717) is 0 Å². The van der Waals surface area contributed by atoms with E-state index in [9.17, 15) is 0 Å². The van der Waals surface area contributed by atoms with Crippen LogP contribution in [-0.4, -0.2) is 51.5 Å². The second kappa shape index (κ2) is 3.91. The van der Waals surface area contributed by atoms with Gasteiger partial charge in [0.05, 0.1) is 25.9 Å². The standard InChI is InChI=1S/C7H15NO2/c1-8(2)5-7-6-9-3-4-10-7/h7H,3-6H2,1-2H3/t7-/m1/s1. The average Bonchev–Trinajstić information content (AvgIpc) is 1.88. The maximum absolute atomic E-state index is 5.42. The van der Waals surface area contributed by atoms with Gasteiger partial charge in [0.25, 0.3) is 0 Å². The van der Waals surface area contributed by atoms with Gasteiger partial charge >= 0.3 is 0 Å². The maximum Gasteiger partial charge on any atom is 0.0935 e. The SMILES string of the molecule is CN(C)C[C@@H]1COCCO1. The maximum atomic E-state index is 5.42. The van der Waals surface area contributed by atoms with E-state index >= 15 is 0 Å². The highest BCUT2D eigenvalue weighted by atomic mass is 16.6. The summed E-state index contributed by atoms with van der Waals surface area (Å²) >= 11 is 0. The van der Waals surface area contributed by atoms with E-state index in [1.165, 1.54) is 0 Å². The zero-order valence-corrected chi connectivity index (χ0v) is 6.67. The molecule has 60 valence electrons. The third-order valence-corrected chi connectivity index (χ3v) is 1.45. The Balaban J connectivity index is 2.13. The van der Waals surface area contributed by atoms with Crippen molar-refractivity contribution in [1.29, 1.82) is 0 Å². The molecular weight excluding hydrogens is 130 g/mol. The van der Waals surface area contributed by atoms with Gasteiger partial charge < -0.3 is 14.4 Å². The van der Waals surface area contributed by atoms with E-state index in [-0.39, 0.29) is 6.10 Å². The van der Waals surface area contributed by atoms with E-state index in [1.807, 2.05) is 14.1 Å². The van der Waals surface area contributed by atoms with Gasteiger partial charge in [-0.25, -0.2) is 0 Å². The van der Waals surface area contributed by atoms with Crippen molar-refractivity contribution >= 4 is 0 Å². The molecule has 1 saturated heterocycles. The molecule has 0 spiro atoms. The Morgan fingerprint density at radius 3 is 2.70 bits per heavy atom. The molecule has 1 aliphatic heterocycles. The predicted molar refractivity (Wildman–Crippen MR) is 39.1 cm³/mol. The molecule has 0 aromatic carbocycles. The van der Waals surface area contributed by atoms with Gasteiger partial charge in [0.1, 0.15) is 0 Å². The number of likely N-dealkylation sites (N-methyl/N-ethyl adjacent to an activating group) is 1. The quantitative estimate of drug-likeness (QED) is 0.544. The highest BCUT2D eigenvalue weighted by molar-refractivity contribution is 4.62. The molecule has 0 saturated carbocycles. The van der Waals surface area contributed by atoms with Crippen LogP contribution in [0.25, 0.3) is 0 Å². The molecule has 1 atom stereocenters. The Morgan fingerprint density at radius 2 is 2.20 bits per heavy atom. The van der Waals surface area contributed by atoms with Crippen molar-refractivity contribution in [3.63, 3.8) is 0 Å². The lowest BCUT2D eigenvalue weighted by Gasteiger charge is -2.25. The van der Waals surface area contributed by atoms with Crippen LogP contribution in [0.2, 0.25) is 0 Å². The van der Waals surface area contributed by atoms with Crippen molar-refractivity contribution < 1.29 is 9.47 Å². The summed E-state index contributed by atoms with van der Waals surface area (Å²) in [6.07, 6.45) is 0.281. The van der Waals surface area contributed by atoms with Crippen molar-refractivity contribution in [2.45, 2.75) is 6.10 Å². The fraction of sp³-hybridized carbons (Fsp3) is 1.00. The van der Waals surface area contributed by atoms with E-state index in [2.05, 4.69) is 4.90 Å². The zero-order valence-electron chi connectivity index (χ0n) is 6.67. The minimum Gasteiger partial charge on any atom is -0.376 e. The highest BCUT2D eigenvalue weighted by Gasteiger charge is 2.14.